The number of thiophene rings is 1. The fraction of sp³-hybridized carbons (Fsp3) is 0.632. The summed E-state index contributed by atoms with van der Waals surface area (Å²) in [5, 5.41) is 6.83. The van der Waals surface area contributed by atoms with Gasteiger partial charge in [-0.2, -0.15) is 13.2 Å². The molecule has 2 aromatic rings. The Morgan fingerprint density at radius 3 is 2.66 bits per heavy atom. The van der Waals surface area contributed by atoms with Crippen molar-refractivity contribution in [2.75, 3.05) is 5.32 Å². The molecule has 2 aromatic heterocycles. The lowest BCUT2D eigenvalue weighted by Gasteiger charge is -2.31. The summed E-state index contributed by atoms with van der Waals surface area (Å²) < 4.78 is 43.4. The van der Waals surface area contributed by atoms with Crippen LogP contribution in [0.3, 0.4) is 0 Å². The zero-order chi connectivity index (χ0) is 21.2. The first-order valence-electron chi connectivity index (χ1n) is 9.55. The molecule has 1 aliphatic carbocycles. The minimum absolute atomic E-state index is 0.0308. The van der Waals surface area contributed by atoms with Gasteiger partial charge < -0.3 is 15.4 Å². The van der Waals surface area contributed by atoms with Crippen molar-refractivity contribution in [1.82, 2.24) is 15.3 Å². The molecule has 2 heterocycles. The normalized spacial score (nSPS) is 20.5. The van der Waals surface area contributed by atoms with Gasteiger partial charge in [0.1, 0.15) is 22.6 Å². The highest BCUT2D eigenvalue weighted by atomic mass is 32.1. The van der Waals surface area contributed by atoms with E-state index in [2.05, 4.69) is 20.6 Å². The number of fused-ring (bicyclic) bond motifs is 1. The second kappa shape index (κ2) is 8.33. The first kappa shape index (κ1) is 21.6. The van der Waals surface area contributed by atoms with Crippen molar-refractivity contribution in [3.8, 4) is 0 Å². The fourth-order valence-electron chi connectivity index (χ4n) is 3.42. The van der Waals surface area contributed by atoms with Crippen LogP contribution in [-0.4, -0.2) is 39.9 Å². The van der Waals surface area contributed by atoms with E-state index < -0.39 is 24.3 Å². The molecular formula is C19H25F3N4O2S. The molecule has 0 spiro atoms. The van der Waals surface area contributed by atoms with Gasteiger partial charge in [0.05, 0.1) is 11.8 Å². The first-order chi connectivity index (χ1) is 13.5. The molecule has 10 heteroatoms. The van der Waals surface area contributed by atoms with E-state index in [4.69, 9.17) is 4.74 Å². The third-order valence-electron chi connectivity index (χ3n) is 4.49. The third-order valence-corrected chi connectivity index (χ3v) is 5.53. The molecule has 2 N–H and O–H groups in total. The van der Waals surface area contributed by atoms with Crippen LogP contribution in [0, 0.1) is 0 Å². The quantitative estimate of drug-likeness (QED) is 0.710. The Kier molecular flexibility index (Phi) is 6.21. The summed E-state index contributed by atoms with van der Waals surface area (Å²) in [6.45, 7) is 5.43. The van der Waals surface area contributed by atoms with Gasteiger partial charge >= 0.3 is 12.3 Å². The first-order valence-corrected chi connectivity index (χ1v) is 10.4. The standard InChI is InChI=1S/C19H25F3N4O2S/c1-18(2,3)28-17(27)26-12-6-4-5-11(7-12)25-15-14-8-13(9-19(20,21)22)29-16(14)24-10-23-15/h8,10-12H,4-7,9H2,1-3H3,(H,26,27)(H,23,24,25). The number of anilines is 1. The summed E-state index contributed by atoms with van der Waals surface area (Å²) in [4.78, 5) is 21.1. The van der Waals surface area contributed by atoms with Crippen LogP contribution in [0.4, 0.5) is 23.8 Å². The molecule has 1 aliphatic rings. The van der Waals surface area contributed by atoms with Gasteiger partial charge in [0.25, 0.3) is 0 Å². The van der Waals surface area contributed by atoms with E-state index in [9.17, 15) is 18.0 Å². The number of rotatable bonds is 4. The predicted molar refractivity (Wildman–Crippen MR) is 106 cm³/mol. The topological polar surface area (TPSA) is 76.1 Å². The molecule has 0 bridgehead atoms. The maximum absolute atomic E-state index is 12.7. The molecule has 6 nitrogen and oxygen atoms in total. The van der Waals surface area contributed by atoms with Crippen molar-refractivity contribution in [2.45, 2.75) is 76.7 Å². The van der Waals surface area contributed by atoms with E-state index in [1.54, 1.807) is 0 Å². The largest absolute Gasteiger partial charge is 0.444 e. The molecule has 1 fully saturated rings. The Morgan fingerprint density at radius 2 is 1.97 bits per heavy atom. The molecule has 0 aromatic carbocycles. The molecule has 0 saturated heterocycles. The lowest BCUT2D eigenvalue weighted by Crippen LogP contribution is -2.43. The molecule has 2 unspecified atom stereocenters. The fourth-order valence-corrected chi connectivity index (χ4v) is 4.45. The maximum Gasteiger partial charge on any atom is 0.407 e. The Labute approximate surface area is 171 Å². The highest BCUT2D eigenvalue weighted by Gasteiger charge is 2.30. The molecule has 1 saturated carbocycles. The third kappa shape index (κ3) is 6.45. The van der Waals surface area contributed by atoms with Crippen molar-refractivity contribution in [3.63, 3.8) is 0 Å². The highest BCUT2D eigenvalue weighted by molar-refractivity contribution is 7.18. The summed E-state index contributed by atoms with van der Waals surface area (Å²) in [5.74, 6) is 0.530. The number of aromatic nitrogens is 2. The van der Waals surface area contributed by atoms with Crippen molar-refractivity contribution in [2.24, 2.45) is 0 Å². The van der Waals surface area contributed by atoms with Gasteiger partial charge in [-0.05, 0) is 52.5 Å². The molecule has 29 heavy (non-hydrogen) atoms. The van der Waals surface area contributed by atoms with Gasteiger partial charge in [-0.1, -0.05) is 0 Å². The zero-order valence-corrected chi connectivity index (χ0v) is 17.4. The number of amides is 1. The molecule has 160 valence electrons. The smallest absolute Gasteiger partial charge is 0.407 e. The van der Waals surface area contributed by atoms with Gasteiger partial charge in [0.15, 0.2) is 0 Å². The van der Waals surface area contributed by atoms with Crippen LogP contribution in [0.2, 0.25) is 0 Å². The van der Waals surface area contributed by atoms with E-state index in [-0.39, 0.29) is 17.0 Å². The molecule has 3 rings (SSSR count). The molecule has 0 radical (unpaired) electrons. The minimum Gasteiger partial charge on any atom is -0.444 e. The second-order valence-electron chi connectivity index (χ2n) is 8.30. The number of nitrogens with one attached hydrogen (secondary N) is 2. The van der Waals surface area contributed by atoms with Gasteiger partial charge in [-0.15, -0.1) is 11.3 Å². The van der Waals surface area contributed by atoms with Gasteiger partial charge in [0, 0.05) is 17.0 Å². The van der Waals surface area contributed by atoms with Crippen molar-refractivity contribution >= 4 is 33.5 Å². The van der Waals surface area contributed by atoms with Crippen molar-refractivity contribution in [1.29, 1.82) is 0 Å². The summed E-state index contributed by atoms with van der Waals surface area (Å²) in [6.07, 6.45) is -0.980. The number of nitrogens with zero attached hydrogens (tertiary/aromatic N) is 2. The Balaban J connectivity index is 1.66. The van der Waals surface area contributed by atoms with E-state index in [0.717, 1.165) is 30.6 Å². The van der Waals surface area contributed by atoms with Crippen LogP contribution in [0.5, 0.6) is 0 Å². The predicted octanol–water partition coefficient (Wildman–Crippen LogP) is 5.04. The van der Waals surface area contributed by atoms with Crippen molar-refractivity contribution < 1.29 is 22.7 Å². The van der Waals surface area contributed by atoms with Crippen LogP contribution in [0.25, 0.3) is 10.2 Å². The van der Waals surface area contributed by atoms with E-state index in [1.807, 2.05) is 20.8 Å². The molecule has 2 atom stereocenters. The average molecular weight is 430 g/mol. The number of hydrogen-bond acceptors (Lipinski definition) is 6. The number of ether oxygens (including phenoxy) is 1. The lowest BCUT2D eigenvalue weighted by molar-refractivity contribution is -0.126. The second-order valence-corrected chi connectivity index (χ2v) is 9.41. The Morgan fingerprint density at radius 1 is 1.24 bits per heavy atom. The number of carbonyl (C=O) groups is 1. The summed E-state index contributed by atoms with van der Waals surface area (Å²) in [5.41, 5.74) is -0.559. The number of alkyl carbamates (subject to hydrolysis) is 1. The minimum atomic E-state index is -4.26. The zero-order valence-electron chi connectivity index (χ0n) is 16.6. The van der Waals surface area contributed by atoms with E-state index in [1.165, 1.54) is 12.4 Å². The van der Waals surface area contributed by atoms with Crippen LogP contribution in [-0.2, 0) is 11.2 Å². The highest BCUT2D eigenvalue weighted by Crippen LogP contribution is 2.33. The maximum atomic E-state index is 12.7. The monoisotopic (exact) mass is 430 g/mol. The van der Waals surface area contributed by atoms with E-state index >= 15 is 0 Å². The van der Waals surface area contributed by atoms with Gasteiger partial charge in [-0.3, -0.25) is 0 Å². The SMILES string of the molecule is CC(C)(C)OC(=O)NC1CCCC(Nc2ncnc3sc(CC(F)(F)F)cc23)C1. The number of alkyl halides is 3. The number of carbonyl (C=O) groups excluding carboxylic acids is 1. The van der Waals surface area contributed by atoms with Gasteiger partial charge in [0.2, 0.25) is 0 Å². The molecular weight excluding hydrogens is 405 g/mol. The number of hydrogen-bond donors (Lipinski definition) is 2. The van der Waals surface area contributed by atoms with Gasteiger partial charge in [-0.25, -0.2) is 14.8 Å². The summed E-state index contributed by atoms with van der Waals surface area (Å²) >= 11 is 1.03. The van der Waals surface area contributed by atoms with E-state index in [0.29, 0.717) is 22.5 Å². The number of halogens is 3. The summed E-state index contributed by atoms with van der Waals surface area (Å²) in [7, 11) is 0. The van der Waals surface area contributed by atoms with Crippen LogP contribution in [0.15, 0.2) is 12.4 Å². The average Bonchev–Trinajstić information content (AvgIpc) is 2.94. The molecule has 1 amide bonds. The lowest BCUT2D eigenvalue weighted by atomic mass is 9.91. The Hall–Kier alpha value is -2.10. The summed E-state index contributed by atoms with van der Waals surface area (Å²) in [6, 6.07) is 1.53. The van der Waals surface area contributed by atoms with Crippen LogP contribution >= 0.6 is 11.3 Å². The molecule has 0 aliphatic heterocycles. The van der Waals surface area contributed by atoms with Crippen LogP contribution < -0.4 is 10.6 Å². The van der Waals surface area contributed by atoms with Crippen LogP contribution in [0.1, 0.15) is 51.3 Å². The Bertz CT molecular complexity index is 863. The van der Waals surface area contributed by atoms with Crippen molar-refractivity contribution in [3.05, 3.63) is 17.3 Å².